The summed E-state index contributed by atoms with van der Waals surface area (Å²) in [6.07, 6.45) is 6.74. The van der Waals surface area contributed by atoms with E-state index in [4.69, 9.17) is 5.73 Å². The summed E-state index contributed by atoms with van der Waals surface area (Å²) >= 11 is 0. The van der Waals surface area contributed by atoms with Gasteiger partial charge in [-0.05, 0) is 37.0 Å². The van der Waals surface area contributed by atoms with Crippen LogP contribution >= 0.6 is 0 Å². The molecule has 1 rings (SSSR count). The molecule has 0 aromatic carbocycles. The molecule has 0 saturated heterocycles. The monoisotopic (exact) mass is 183 g/mol. The summed E-state index contributed by atoms with van der Waals surface area (Å²) in [6, 6.07) is 0.460. The van der Waals surface area contributed by atoms with E-state index in [1.165, 1.54) is 25.7 Å². The molecule has 1 nitrogen and oxygen atoms in total. The zero-order valence-corrected chi connectivity index (χ0v) is 9.42. The zero-order chi connectivity index (χ0) is 9.84. The third-order valence-corrected chi connectivity index (χ3v) is 3.78. The minimum atomic E-state index is 0.460. The molecule has 0 radical (unpaired) electrons. The highest BCUT2D eigenvalue weighted by Gasteiger charge is 2.26. The fraction of sp³-hybridized carbons (Fsp3) is 1.00. The van der Waals surface area contributed by atoms with Crippen molar-refractivity contribution in [2.24, 2.45) is 23.5 Å². The largest absolute Gasteiger partial charge is 0.327 e. The standard InChI is InChI=1S/C12H25N/c1-4-12(13)11-7-5-6-10(8-11)9(2)3/h9-12H,4-8,13H2,1-3H3. The minimum Gasteiger partial charge on any atom is -0.327 e. The molecule has 0 amide bonds. The Hall–Kier alpha value is -0.0400. The Labute approximate surface area is 83.1 Å². The van der Waals surface area contributed by atoms with Crippen molar-refractivity contribution < 1.29 is 0 Å². The van der Waals surface area contributed by atoms with Gasteiger partial charge in [0.05, 0.1) is 0 Å². The molecule has 0 spiro atoms. The van der Waals surface area contributed by atoms with Crippen LogP contribution in [-0.4, -0.2) is 6.04 Å². The van der Waals surface area contributed by atoms with Gasteiger partial charge in [0.15, 0.2) is 0 Å². The van der Waals surface area contributed by atoms with Crippen molar-refractivity contribution >= 4 is 0 Å². The molecular formula is C12H25N. The summed E-state index contributed by atoms with van der Waals surface area (Å²) in [5, 5.41) is 0. The Morgan fingerprint density at radius 3 is 2.38 bits per heavy atom. The minimum absolute atomic E-state index is 0.460. The second-order valence-electron chi connectivity index (χ2n) is 5.00. The molecule has 1 heteroatoms. The van der Waals surface area contributed by atoms with Crippen LogP contribution < -0.4 is 5.73 Å². The summed E-state index contributed by atoms with van der Waals surface area (Å²) < 4.78 is 0. The van der Waals surface area contributed by atoms with E-state index in [0.717, 1.165) is 24.2 Å². The number of hydrogen-bond donors (Lipinski definition) is 1. The summed E-state index contributed by atoms with van der Waals surface area (Å²) in [4.78, 5) is 0. The van der Waals surface area contributed by atoms with Crippen LogP contribution in [0.2, 0.25) is 0 Å². The van der Waals surface area contributed by atoms with Gasteiger partial charge in [-0.3, -0.25) is 0 Å². The molecule has 0 aromatic heterocycles. The summed E-state index contributed by atoms with van der Waals surface area (Å²) in [6.45, 7) is 6.92. The van der Waals surface area contributed by atoms with Crippen LogP contribution in [0.3, 0.4) is 0 Å². The first-order chi connectivity index (χ1) is 6.15. The Bertz CT molecular complexity index is 142. The maximum Gasteiger partial charge on any atom is 0.00646 e. The maximum absolute atomic E-state index is 6.11. The Morgan fingerprint density at radius 2 is 1.85 bits per heavy atom. The second-order valence-corrected chi connectivity index (χ2v) is 5.00. The number of hydrogen-bond acceptors (Lipinski definition) is 1. The quantitative estimate of drug-likeness (QED) is 0.714. The normalized spacial score (nSPS) is 32.1. The van der Waals surface area contributed by atoms with Gasteiger partial charge in [0.25, 0.3) is 0 Å². The van der Waals surface area contributed by atoms with Crippen molar-refractivity contribution in [3.05, 3.63) is 0 Å². The van der Waals surface area contributed by atoms with E-state index in [9.17, 15) is 0 Å². The van der Waals surface area contributed by atoms with E-state index in [2.05, 4.69) is 20.8 Å². The van der Waals surface area contributed by atoms with Crippen LogP contribution in [0.5, 0.6) is 0 Å². The van der Waals surface area contributed by atoms with Crippen LogP contribution in [0.15, 0.2) is 0 Å². The molecule has 0 bridgehead atoms. The van der Waals surface area contributed by atoms with Crippen molar-refractivity contribution in [3.63, 3.8) is 0 Å². The van der Waals surface area contributed by atoms with Crippen molar-refractivity contribution in [3.8, 4) is 0 Å². The zero-order valence-electron chi connectivity index (χ0n) is 9.42. The predicted molar refractivity (Wildman–Crippen MR) is 58.6 cm³/mol. The van der Waals surface area contributed by atoms with Crippen LogP contribution in [0, 0.1) is 17.8 Å². The fourth-order valence-corrected chi connectivity index (χ4v) is 2.59. The Kier molecular flexibility index (Phi) is 4.24. The summed E-state index contributed by atoms with van der Waals surface area (Å²) in [5.74, 6) is 2.61. The van der Waals surface area contributed by atoms with Gasteiger partial charge in [0.1, 0.15) is 0 Å². The lowest BCUT2D eigenvalue weighted by molar-refractivity contribution is 0.190. The van der Waals surface area contributed by atoms with E-state index in [1.807, 2.05) is 0 Å². The SMILES string of the molecule is CCC(N)C1CCCC(C(C)C)C1. The molecule has 1 fully saturated rings. The van der Waals surface area contributed by atoms with E-state index >= 15 is 0 Å². The van der Waals surface area contributed by atoms with Gasteiger partial charge < -0.3 is 5.73 Å². The second kappa shape index (κ2) is 4.99. The molecule has 1 aliphatic rings. The van der Waals surface area contributed by atoms with Gasteiger partial charge in [0.2, 0.25) is 0 Å². The van der Waals surface area contributed by atoms with Crippen LogP contribution in [0.4, 0.5) is 0 Å². The average molecular weight is 183 g/mol. The first kappa shape index (κ1) is 11.0. The van der Waals surface area contributed by atoms with Crippen LogP contribution in [0.25, 0.3) is 0 Å². The lowest BCUT2D eigenvalue weighted by Crippen LogP contribution is -2.34. The van der Waals surface area contributed by atoms with Crippen molar-refractivity contribution in [2.75, 3.05) is 0 Å². The first-order valence-corrected chi connectivity index (χ1v) is 5.90. The summed E-state index contributed by atoms with van der Waals surface area (Å²) in [5.41, 5.74) is 6.11. The summed E-state index contributed by atoms with van der Waals surface area (Å²) in [7, 11) is 0. The maximum atomic E-state index is 6.11. The number of nitrogens with two attached hydrogens (primary N) is 1. The van der Waals surface area contributed by atoms with Crippen molar-refractivity contribution in [1.82, 2.24) is 0 Å². The smallest absolute Gasteiger partial charge is 0.00646 e. The molecule has 13 heavy (non-hydrogen) atoms. The molecule has 3 atom stereocenters. The Morgan fingerprint density at radius 1 is 1.23 bits per heavy atom. The van der Waals surface area contributed by atoms with Gasteiger partial charge in [-0.15, -0.1) is 0 Å². The molecular weight excluding hydrogens is 158 g/mol. The molecule has 3 unspecified atom stereocenters. The van der Waals surface area contributed by atoms with E-state index in [0.29, 0.717) is 6.04 Å². The molecule has 0 heterocycles. The lowest BCUT2D eigenvalue weighted by Gasteiger charge is -2.34. The van der Waals surface area contributed by atoms with Crippen molar-refractivity contribution in [1.29, 1.82) is 0 Å². The highest BCUT2D eigenvalue weighted by molar-refractivity contribution is 4.80. The average Bonchev–Trinajstić information content (AvgIpc) is 2.17. The molecule has 1 aliphatic carbocycles. The Balaban J connectivity index is 2.41. The molecule has 1 saturated carbocycles. The topological polar surface area (TPSA) is 26.0 Å². The van der Waals surface area contributed by atoms with Gasteiger partial charge in [-0.1, -0.05) is 33.6 Å². The van der Waals surface area contributed by atoms with Crippen LogP contribution in [0.1, 0.15) is 52.9 Å². The van der Waals surface area contributed by atoms with E-state index in [-0.39, 0.29) is 0 Å². The van der Waals surface area contributed by atoms with Gasteiger partial charge in [0, 0.05) is 6.04 Å². The van der Waals surface area contributed by atoms with Crippen LogP contribution in [-0.2, 0) is 0 Å². The van der Waals surface area contributed by atoms with Gasteiger partial charge in [-0.2, -0.15) is 0 Å². The molecule has 78 valence electrons. The molecule has 0 aromatic rings. The fourth-order valence-electron chi connectivity index (χ4n) is 2.59. The van der Waals surface area contributed by atoms with Crippen molar-refractivity contribution in [2.45, 2.75) is 58.9 Å². The first-order valence-electron chi connectivity index (χ1n) is 5.90. The van der Waals surface area contributed by atoms with Gasteiger partial charge in [-0.25, -0.2) is 0 Å². The highest BCUT2D eigenvalue weighted by Crippen LogP contribution is 2.35. The third kappa shape index (κ3) is 2.98. The molecule has 0 aliphatic heterocycles. The highest BCUT2D eigenvalue weighted by atomic mass is 14.6. The van der Waals surface area contributed by atoms with E-state index in [1.54, 1.807) is 0 Å². The van der Waals surface area contributed by atoms with E-state index < -0.39 is 0 Å². The molecule has 2 N–H and O–H groups in total. The predicted octanol–water partition coefficient (Wildman–Crippen LogP) is 3.19. The number of rotatable bonds is 3. The lowest BCUT2D eigenvalue weighted by atomic mass is 9.73. The third-order valence-electron chi connectivity index (χ3n) is 3.78. The van der Waals surface area contributed by atoms with Gasteiger partial charge >= 0.3 is 0 Å².